The average Bonchev–Trinajstić information content (AvgIpc) is 3.09. The van der Waals surface area contributed by atoms with E-state index in [1.807, 2.05) is 22.5 Å². The third kappa shape index (κ3) is 3.56. The summed E-state index contributed by atoms with van der Waals surface area (Å²) in [7, 11) is 0. The summed E-state index contributed by atoms with van der Waals surface area (Å²) in [6, 6.07) is 10.5. The molecule has 1 aliphatic rings. The first-order valence-corrected chi connectivity index (χ1v) is 9.75. The average molecular weight is 351 g/mol. The Bertz CT molecular complexity index is 857. The molecule has 1 aliphatic heterocycles. The molecule has 1 amide bonds. The lowest BCUT2D eigenvalue weighted by atomic mass is 9.91. The highest BCUT2D eigenvalue weighted by molar-refractivity contribution is 7.07. The summed E-state index contributed by atoms with van der Waals surface area (Å²) in [6.07, 6.45) is 6.18. The first kappa shape index (κ1) is 16.2. The number of amides is 1. The molecule has 3 heterocycles. The molecule has 25 heavy (non-hydrogen) atoms. The molecule has 0 saturated carbocycles. The highest BCUT2D eigenvalue weighted by atomic mass is 32.1. The third-order valence-corrected chi connectivity index (χ3v) is 5.62. The number of carbonyl (C=O) groups is 1. The Labute approximate surface area is 151 Å². The van der Waals surface area contributed by atoms with Crippen LogP contribution in [0.1, 0.15) is 35.3 Å². The molecule has 1 saturated heterocycles. The lowest BCUT2D eigenvalue weighted by Crippen LogP contribution is -2.32. The molecule has 2 aromatic heterocycles. The molecular weight excluding hydrogens is 330 g/mol. The van der Waals surface area contributed by atoms with Crippen molar-refractivity contribution in [2.45, 2.75) is 25.7 Å². The highest BCUT2D eigenvalue weighted by Crippen LogP contribution is 2.26. The van der Waals surface area contributed by atoms with Crippen LogP contribution < -0.4 is 0 Å². The van der Waals surface area contributed by atoms with Gasteiger partial charge in [0.1, 0.15) is 5.69 Å². The van der Waals surface area contributed by atoms with Gasteiger partial charge in [0, 0.05) is 30.1 Å². The molecule has 0 unspecified atom stereocenters. The molecule has 4 nitrogen and oxygen atoms in total. The van der Waals surface area contributed by atoms with Gasteiger partial charge in [0.25, 0.3) is 5.91 Å². The van der Waals surface area contributed by atoms with Crippen molar-refractivity contribution in [2.24, 2.45) is 5.92 Å². The molecule has 128 valence electrons. The van der Waals surface area contributed by atoms with Crippen LogP contribution in [0.15, 0.2) is 47.4 Å². The van der Waals surface area contributed by atoms with Crippen molar-refractivity contribution in [1.29, 1.82) is 0 Å². The number of aromatic nitrogens is 2. The lowest BCUT2D eigenvalue weighted by Gasteiger charge is -2.19. The normalized spacial score (nSPS) is 18.2. The zero-order valence-corrected chi connectivity index (χ0v) is 14.9. The van der Waals surface area contributed by atoms with Crippen molar-refractivity contribution in [3.63, 3.8) is 0 Å². The van der Waals surface area contributed by atoms with Gasteiger partial charge in [-0.1, -0.05) is 18.2 Å². The Balaban J connectivity index is 1.45. The standard InChI is InChI=1S/C20H21N3OS/c24-20(19-13-25-14-22-19)23-10-3-4-15(8-11-23)12-16-5-1-7-18-17(16)6-2-9-21-18/h1-2,5-7,9,13-15H,3-4,8,10-12H2/t15-/m0/s1. The van der Waals surface area contributed by atoms with E-state index in [1.54, 1.807) is 5.51 Å². The molecular formula is C20H21N3OS. The van der Waals surface area contributed by atoms with E-state index in [2.05, 4.69) is 34.2 Å². The summed E-state index contributed by atoms with van der Waals surface area (Å²) in [5.41, 5.74) is 4.75. The van der Waals surface area contributed by atoms with Crippen molar-refractivity contribution in [1.82, 2.24) is 14.9 Å². The van der Waals surface area contributed by atoms with Gasteiger partial charge in [-0.05, 0) is 49.3 Å². The van der Waals surface area contributed by atoms with Crippen molar-refractivity contribution in [3.8, 4) is 0 Å². The Kier molecular flexibility index (Phi) is 4.74. The topological polar surface area (TPSA) is 46.1 Å². The summed E-state index contributed by atoms with van der Waals surface area (Å²) < 4.78 is 0. The van der Waals surface area contributed by atoms with E-state index in [1.165, 1.54) is 22.3 Å². The first-order valence-electron chi connectivity index (χ1n) is 8.81. The minimum Gasteiger partial charge on any atom is -0.337 e. The van der Waals surface area contributed by atoms with E-state index < -0.39 is 0 Å². The maximum atomic E-state index is 12.5. The van der Waals surface area contributed by atoms with Gasteiger partial charge in [-0.15, -0.1) is 11.3 Å². The van der Waals surface area contributed by atoms with Crippen molar-refractivity contribution in [3.05, 3.63) is 58.7 Å². The van der Waals surface area contributed by atoms with Crippen LogP contribution in [0.3, 0.4) is 0 Å². The lowest BCUT2D eigenvalue weighted by molar-refractivity contribution is 0.0755. The predicted octanol–water partition coefficient (Wildman–Crippen LogP) is 4.18. The van der Waals surface area contributed by atoms with Gasteiger partial charge >= 0.3 is 0 Å². The number of nitrogens with zero attached hydrogens (tertiary/aromatic N) is 3. The fourth-order valence-electron chi connectivity index (χ4n) is 3.71. The maximum Gasteiger partial charge on any atom is 0.273 e. The van der Waals surface area contributed by atoms with Crippen molar-refractivity contribution >= 4 is 28.1 Å². The Morgan fingerprint density at radius 1 is 1.16 bits per heavy atom. The van der Waals surface area contributed by atoms with Gasteiger partial charge in [0.05, 0.1) is 11.0 Å². The molecule has 0 spiro atoms. The van der Waals surface area contributed by atoms with Crippen LogP contribution in [0.5, 0.6) is 0 Å². The van der Waals surface area contributed by atoms with Crippen LogP contribution >= 0.6 is 11.3 Å². The summed E-state index contributed by atoms with van der Waals surface area (Å²) in [5, 5.41) is 3.10. The predicted molar refractivity (Wildman–Crippen MR) is 101 cm³/mol. The molecule has 0 bridgehead atoms. The van der Waals surface area contributed by atoms with Crippen LogP contribution in [-0.2, 0) is 6.42 Å². The van der Waals surface area contributed by atoms with E-state index in [0.29, 0.717) is 11.6 Å². The Hall–Kier alpha value is -2.27. The molecule has 1 aromatic carbocycles. The molecule has 0 N–H and O–H groups in total. The number of thiazole rings is 1. The summed E-state index contributed by atoms with van der Waals surface area (Å²) in [6.45, 7) is 1.66. The van der Waals surface area contributed by atoms with E-state index >= 15 is 0 Å². The van der Waals surface area contributed by atoms with Crippen molar-refractivity contribution < 1.29 is 4.79 Å². The molecule has 1 atom stereocenters. The number of hydrogen-bond donors (Lipinski definition) is 0. The zero-order valence-electron chi connectivity index (χ0n) is 14.1. The van der Waals surface area contributed by atoms with Gasteiger partial charge in [-0.2, -0.15) is 0 Å². The summed E-state index contributed by atoms with van der Waals surface area (Å²) in [4.78, 5) is 23.1. The Morgan fingerprint density at radius 3 is 3.00 bits per heavy atom. The monoisotopic (exact) mass is 351 g/mol. The van der Waals surface area contributed by atoms with Crippen LogP contribution in [0.25, 0.3) is 10.9 Å². The fraction of sp³-hybridized carbons (Fsp3) is 0.350. The van der Waals surface area contributed by atoms with E-state index in [4.69, 9.17) is 0 Å². The Morgan fingerprint density at radius 2 is 2.12 bits per heavy atom. The SMILES string of the molecule is O=C(c1cscn1)N1CCC[C@H](Cc2cccc3ncccc23)CC1. The number of fused-ring (bicyclic) bond motifs is 1. The fourth-order valence-corrected chi connectivity index (χ4v) is 4.23. The number of pyridine rings is 1. The van der Waals surface area contributed by atoms with Gasteiger partial charge in [-0.25, -0.2) is 4.98 Å². The molecule has 4 rings (SSSR count). The minimum atomic E-state index is 0.0799. The summed E-state index contributed by atoms with van der Waals surface area (Å²) in [5.74, 6) is 0.690. The largest absolute Gasteiger partial charge is 0.337 e. The van der Waals surface area contributed by atoms with E-state index in [9.17, 15) is 4.79 Å². The van der Waals surface area contributed by atoms with Gasteiger partial charge in [0.2, 0.25) is 0 Å². The van der Waals surface area contributed by atoms with Gasteiger partial charge in [-0.3, -0.25) is 9.78 Å². The molecule has 0 aliphatic carbocycles. The number of likely N-dealkylation sites (tertiary alicyclic amines) is 1. The maximum absolute atomic E-state index is 12.5. The smallest absolute Gasteiger partial charge is 0.273 e. The molecule has 1 fully saturated rings. The number of benzene rings is 1. The third-order valence-electron chi connectivity index (χ3n) is 5.03. The van der Waals surface area contributed by atoms with Crippen molar-refractivity contribution in [2.75, 3.05) is 13.1 Å². The molecule has 0 radical (unpaired) electrons. The number of carbonyl (C=O) groups excluding carboxylic acids is 1. The van der Waals surface area contributed by atoms with Crippen LogP contribution in [-0.4, -0.2) is 33.9 Å². The van der Waals surface area contributed by atoms with Gasteiger partial charge < -0.3 is 4.90 Å². The quantitative estimate of drug-likeness (QED) is 0.711. The minimum absolute atomic E-state index is 0.0799. The second-order valence-electron chi connectivity index (χ2n) is 6.65. The molecule has 5 heteroatoms. The number of rotatable bonds is 3. The van der Waals surface area contributed by atoms with Crippen LogP contribution in [0, 0.1) is 5.92 Å². The summed E-state index contributed by atoms with van der Waals surface area (Å²) >= 11 is 1.48. The first-order chi connectivity index (χ1) is 12.3. The van der Waals surface area contributed by atoms with Crippen LogP contribution in [0.4, 0.5) is 0 Å². The zero-order chi connectivity index (χ0) is 17.1. The highest BCUT2D eigenvalue weighted by Gasteiger charge is 2.23. The second kappa shape index (κ2) is 7.31. The van der Waals surface area contributed by atoms with Gasteiger partial charge in [0.15, 0.2) is 0 Å². The van der Waals surface area contributed by atoms with E-state index in [-0.39, 0.29) is 5.91 Å². The van der Waals surface area contributed by atoms with Crippen LogP contribution in [0.2, 0.25) is 0 Å². The second-order valence-corrected chi connectivity index (χ2v) is 7.37. The number of hydrogen-bond acceptors (Lipinski definition) is 4. The molecule has 3 aromatic rings. The van der Waals surface area contributed by atoms with E-state index in [0.717, 1.165) is 44.3 Å².